The molecule has 3 aromatic rings. The van der Waals surface area contributed by atoms with Crippen LogP contribution in [0.5, 0.6) is 0 Å². The van der Waals surface area contributed by atoms with Crippen LogP contribution in [0.15, 0.2) is 48.5 Å². The second kappa shape index (κ2) is 8.30. The van der Waals surface area contributed by atoms with Gasteiger partial charge >= 0.3 is 6.18 Å². The van der Waals surface area contributed by atoms with Gasteiger partial charge in [0, 0.05) is 24.7 Å². The molecular formula is C22H21ClF3N3O. The molecule has 0 atom stereocenters. The van der Waals surface area contributed by atoms with Gasteiger partial charge in [0.25, 0.3) is 0 Å². The number of benzene rings is 2. The van der Waals surface area contributed by atoms with Crippen molar-refractivity contribution in [3.05, 3.63) is 64.9 Å². The van der Waals surface area contributed by atoms with Gasteiger partial charge in [0.15, 0.2) is 0 Å². The molecule has 0 aliphatic carbocycles. The normalized spacial score (nSPS) is 15.7. The number of likely N-dealkylation sites (tertiary alicyclic amines) is 1. The highest BCUT2D eigenvalue weighted by molar-refractivity contribution is 6.31. The Morgan fingerprint density at radius 2 is 1.73 bits per heavy atom. The van der Waals surface area contributed by atoms with Crippen LogP contribution in [-0.2, 0) is 23.9 Å². The average Bonchev–Trinajstić information content (AvgIpc) is 3.09. The number of carbonyl (C=O) groups excluding carboxylic acids is 1. The van der Waals surface area contributed by atoms with Crippen molar-refractivity contribution in [3.63, 3.8) is 0 Å². The van der Waals surface area contributed by atoms with Crippen LogP contribution in [0.1, 0.15) is 24.2 Å². The van der Waals surface area contributed by atoms with Crippen molar-refractivity contribution in [2.24, 2.45) is 5.92 Å². The smallest absolute Gasteiger partial charge is 0.342 e. The SMILES string of the molecule is O=C(Cc1ccccc1Cl)N1CCC(Cn2c(C(F)(F)F)nc3ccccc32)CC1. The van der Waals surface area contributed by atoms with Crippen LogP contribution in [0, 0.1) is 5.92 Å². The fraction of sp³-hybridized carbons (Fsp3) is 0.364. The maximum atomic E-state index is 13.5. The summed E-state index contributed by atoms with van der Waals surface area (Å²) in [6.45, 7) is 1.30. The average molecular weight is 436 g/mol. The molecule has 4 rings (SSSR count). The monoisotopic (exact) mass is 435 g/mol. The predicted molar refractivity (Wildman–Crippen MR) is 109 cm³/mol. The molecule has 0 N–H and O–H groups in total. The Bertz CT molecular complexity index is 1060. The second-order valence-corrected chi connectivity index (χ2v) is 8.03. The number of para-hydroxylation sites is 2. The minimum Gasteiger partial charge on any atom is -0.342 e. The summed E-state index contributed by atoms with van der Waals surface area (Å²) >= 11 is 6.14. The van der Waals surface area contributed by atoms with Crippen LogP contribution < -0.4 is 0 Å². The van der Waals surface area contributed by atoms with Crippen LogP contribution in [0.2, 0.25) is 5.02 Å². The minimum absolute atomic E-state index is 0.00869. The van der Waals surface area contributed by atoms with Gasteiger partial charge in [-0.05, 0) is 42.5 Å². The van der Waals surface area contributed by atoms with Gasteiger partial charge in [0.05, 0.1) is 17.5 Å². The van der Waals surface area contributed by atoms with Gasteiger partial charge < -0.3 is 9.47 Å². The molecule has 158 valence electrons. The highest BCUT2D eigenvalue weighted by Crippen LogP contribution is 2.33. The summed E-state index contributed by atoms with van der Waals surface area (Å²) < 4.78 is 41.8. The van der Waals surface area contributed by atoms with Gasteiger partial charge in [0.2, 0.25) is 11.7 Å². The van der Waals surface area contributed by atoms with E-state index >= 15 is 0 Å². The molecule has 2 heterocycles. The first kappa shape index (κ1) is 20.7. The summed E-state index contributed by atoms with van der Waals surface area (Å²) in [4.78, 5) is 18.2. The summed E-state index contributed by atoms with van der Waals surface area (Å²) in [6.07, 6.45) is -2.98. The van der Waals surface area contributed by atoms with E-state index in [0.717, 1.165) is 5.56 Å². The molecule has 0 saturated carbocycles. The van der Waals surface area contributed by atoms with Gasteiger partial charge in [0.1, 0.15) is 0 Å². The number of aromatic nitrogens is 2. The number of alkyl halides is 3. The number of carbonyl (C=O) groups is 1. The van der Waals surface area contributed by atoms with E-state index < -0.39 is 12.0 Å². The van der Waals surface area contributed by atoms with Gasteiger partial charge in [-0.2, -0.15) is 13.2 Å². The fourth-order valence-corrected chi connectivity index (χ4v) is 4.22. The molecule has 2 aromatic carbocycles. The summed E-state index contributed by atoms with van der Waals surface area (Å²) in [5.74, 6) is -0.820. The van der Waals surface area contributed by atoms with Crippen LogP contribution in [0.3, 0.4) is 0 Å². The van der Waals surface area contributed by atoms with Gasteiger partial charge in [-0.15, -0.1) is 0 Å². The maximum Gasteiger partial charge on any atom is 0.449 e. The Hall–Kier alpha value is -2.54. The Morgan fingerprint density at radius 1 is 1.07 bits per heavy atom. The van der Waals surface area contributed by atoms with E-state index in [0.29, 0.717) is 42.0 Å². The lowest BCUT2D eigenvalue weighted by Gasteiger charge is -2.32. The van der Waals surface area contributed by atoms with Crippen molar-refractivity contribution in [3.8, 4) is 0 Å². The maximum absolute atomic E-state index is 13.5. The fourth-order valence-electron chi connectivity index (χ4n) is 4.02. The van der Waals surface area contributed by atoms with E-state index in [4.69, 9.17) is 11.6 Å². The summed E-state index contributed by atoms with van der Waals surface area (Å²) in [6, 6.07) is 13.9. The molecule has 1 fully saturated rings. The highest BCUT2D eigenvalue weighted by Gasteiger charge is 2.38. The first-order valence-electron chi connectivity index (χ1n) is 9.86. The third-order valence-electron chi connectivity index (χ3n) is 5.62. The molecule has 1 aliphatic heterocycles. The molecule has 1 amide bonds. The molecular weight excluding hydrogens is 415 g/mol. The molecule has 4 nitrogen and oxygen atoms in total. The van der Waals surface area contributed by atoms with E-state index in [1.807, 2.05) is 18.2 Å². The Labute approximate surface area is 177 Å². The van der Waals surface area contributed by atoms with Gasteiger partial charge in [-0.25, -0.2) is 4.98 Å². The summed E-state index contributed by atoms with van der Waals surface area (Å²) in [5.41, 5.74) is 1.62. The number of hydrogen-bond donors (Lipinski definition) is 0. The van der Waals surface area contributed by atoms with Crippen LogP contribution >= 0.6 is 11.6 Å². The van der Waals surface area contributed by atoms with E-state index in [2.05, 4.69) is 4.98 Å². The Balaban J connectivity index is 1.43. The number of hydrogen-bond acceptors (Lipinski definition) is 2. The van der Waals surface area contributed by atoms with Crippen molar-refractivity contribution in [1.82, 2.24) is 14.5 Å². The molecule has 8 heteroatoms. The van der Waals surface area contributed by atoms with Gasteiger partial charge in [-0.1, -0.05) is 41.9 Å². The number of nitrogens with zero attached hydrogens (tertiary/aromatic N) is 3. The van der Waals surface area contributed by atoms with E-state index in [1.165, 1.54) is 4.57 Å². The van der Waals surface area contributed by atoms with Crippen LogP contribution in [0.25, 0.3) is 11.0 Å². The van der Waals surface area contributed by atoms with Crippen molar-refractivity contribution >= 4 is 28.5 Å². The van der Waals surface area contributed by atoms with Crippen LogP contribution in [0.4, 0.5) is 13.2 Å². The first-order chi connectivity index (χ1) is 14.3. The quantitative estimate of drug-likeness (QED) is 0.565. The zero-order chi connectivity index (χ0) is 21.3. The minimum atomic E-state index is -4.51. The summed E-state index contributed by atoms with van der Waals surface area (Å²) in [7, 11) is 0. The Morgan fingerprint density at radius 3 is 2.43 bits per heavy atom. The number of rotatable bonds is 4. The van der Waals surface area contributed by atoms with Crippen molar-refractivity contribution in [2.75, 3.05) is 13.1 Å². The number of halogens is 4. The first-order valence-corrected chi connectivity index (χ1v) is 10.2. The number of amides is 1. The number of fused-ring (bicyclic) bond motifs is 1. The summed E-state index contributed by atoms with van der Waals surface area (Å²) in [5, 5.41) is 0.562. The molecule has 0 radical (unpaired) electrons. The predicted octanol–water partition coefficient (Wildman–Crippen LogP) is 5.19. The zero-order valence-corrected chi connectivity index (χ0v) is 17.0. The molecule has 0 bridgehead atoms. The van der Waals surface area contributed by atoms with Crippen molar-refractivity contribution < 1.29 is 18.0 Å². The third-order valence-corrected chi connectivity index (χ3v) is 5.98. The lowest BCUT2D eigenvalue weighted by molar-refractivity contribution is -0.147. The third kappa shape index (κ3) is 4.31. The molecule has 1 saturated heterocycles. The van der Waals surface area contributed by atoms with Crippen molar-refractivity contribution in [1.29, 1.82) is 0 Å². The van der Waals surface area contributed by atoms with E-state index in [-0.39, 0.29) is 24.8 Å². The molecule has 1 aromatic heterocycles. The topological polar surface area (TPSA) is 38.1 Å². The molecule has 0 unspecified atom stereocenters. The highest BCUT2D eigenvalue weighted by atomic mass is 35.5. The second-order valence-electron chi connectivity index (χ2n) is 7.62. The zero-order valence-electron chi connectivity index (χ0n) is 16.2. The van der Waals surface area contributed by atoms with E-state index in [1.54, 1.807) is 35.2 Å². The number of piperidine rings is 1. The van der Waals surface area contributed by atoms with Crippen molar-refractivity contribution in [2.45, 2.75) is 32.0 Å². The lowest BCUT2D eigenvalue weighted by Crippen LogP contribution is -2.40. The van der Waals surface area contributed by atoms with E-state index in [9.17, 15) is 18.0 Å². The Kier molecular flexibility index (Phi) is 5.73. The molecule has 0 spiro atoms. The lowest BCUT2D eigenvalue weighted by atomic mass is 9.96. The van der Waals surface area contributed by atoms with Gasteiger partial charge in [-0.3, -0.25) is 4.79 Å². The van der Waals surface area contributed by atoms with Crippen LogP contribution in [-0.4, -0.2) is 33.4 Å². The largest absolute Gasteiger partial charge is 0.449 e. The number of imidazole rings is 1. The molecule has 1 aliphatic rings. The standard InChI is InChI=1S/C22H21ClF3N3O/c23-17-6-2-1-5-16(17)13-20(30)28-11-9-15(10-12-28)14-29-19-8-4-3-7-18(19)27-21(29)22(24,25)26/h1-8,15H,9-14H2. The molecule has 30 heavy (non-hydrogen) atoms.